The van der Waals surface area contributed by atoms with Crippen LogP contribution in [0.4, 0.5) is 11.5 Å². The Labute approximate surface area is 119 Å². The molecule has 2 aromatic rings. The molecule has 1 N–H and O–H groups in total. The van der Waals surface area contributed by atoms with Crippen LogP contribution in [-0.4, -0.2) is 15.8 Å². The lowest BCUT2D eigenvalue weighted by Crippen LogP contribution is -2.13. The predicted molar refractivity (Wildman–Crippen MR) is 75.0 cm³/mol. The van der Waals surface area contributed by atoms with E-state index in [4.69, 9.17) is 11.6 Å². The van der Waals surface area contributed by atoms with Crippen molar-refractivity contribution in [2.45, 2.75) is 6.92 Å². The molecule has 0 saturated carbocycles. The number of nitro groups is 1. The molecule has 0 radical (unpaired) electrons. The zero-order valence-corrected chi connectivity index (χ0v) is 11.2. The number of benzene rings is 1. The summed E-state index contributed by atoms with van der Waals surface area (Å²) in [6.45, 7) is 1.68. The highest BCUT2D eigenvalue weighted by atomic mass is 35.5. The molecule has 1 aromatic carbocycles. The first-order valence-corrected chi connectivity index (χ1v) is 6.02. The summed E-state index contributed by atoms with van der Waals surface area (Å²) in [6.07, 6.45) is 1.46. The number of nitro benzene ring substituents is 1. The fourth-order valence-electron chi connectivity index (χ4n) is 1.66. The topological polar surface area (TPSA) is 85.1 Å². The van der Waals surface area contributed by atoms with Crippen molar-refractivity contribution in [3.8, 4) is 0 Å². The Hall–Kier alpha value is -2.47. The molecule has 1 amide bonds. The summed E-state index contributed by atoms with van der Waals surface area (Å²) in [4.78, 5) is 26.2. The van der Waals surface area contributed by atoms with E-state index in [0.717, 1.165) is 0 Å². The number of non-ortho nitro benzene ring substituents is 1. The van der Waals surface area contributed by atoms with Crippen LogP contribution in [0.5, 0.6) is 0 Å². The highest BCUT2D eigenvalue weighted by Gasteiger charge is 2.13. The molecule has 20 heavy (non-hydrogen) atoms. The number of rotatable bonds is 3. The first kappa shape index (κ1) is 14.0. The summed E-state index contributed by atoms with van der Waals surface area (Å²) in [6, 6.07) is 7.24. The maximum atomic E-state index is 12.0. The highest BCUT2D eigenvalue weighted by Crippen LogP contribution is 2.18. The van der Waals surface area contributed by atoms with Crippen LogP contribution in [0.2, 0.25) is 5.02 Å². The van der Waals surface area contributed by atoms with Crippen LogP contribution in [0.15, 0.2) is 36.5 Å². The van der Waals surface area contributed by atoms with Crippen molar-refractivity contribution in [2.24, 2.45) is 0 Å². The first-order valence-electron chi connectivity index (χ1n) is 5.65. The van der Waals surface area contributed by atoms with Gasteiger partial charge >= 0.3 is 0 Å². The fraction of sp³-hybridized carbons (Fsp3) is 0.0769. The number of anilines is 1. The predicted octanol–water partition coefficient (Wildman–Crippen LogP) is 3.20. The van der Waals surface area contributed by atoms with Crippen molar-refractivity contribution in [2.75, 3.05) is 5.32 Å². The number of amides is 1. The van der Waals surface area contributed by atoms with Crippen LogP contribution in [0.25, 0.3) is 0 Å². The standard InChI is InChI=1S/C13H10ClN3O3/c1-8-4-9(6-11(5-8)17(19)20)13(18)16-12-7-10(14)2-3-15-12/h2-7H,1H3,(H,15,16,18). The van der Waals surface area contributed by atoms with Crippen molar-refractivity contribution in [3.05, 3.63) is 62.8 Å². The number of pyridine rings is 1. The molecule has 2 rings (SSSR count). The molecule has 7 heteroatoms. The van der Waals surface area contributed by atoms with Crippen LogP contribution >= 0.6 is 11.6 Å². The number of hydrogen-bond acceptors (Lipinski definition) is 4. The van der Waals surface area contributed by atoms with E-state index in [2.05, 4.69) is 10.3 Å². The van der Waals surface area contributed by atoms with Gasteiger partial charge in [0.2, 0.25) is 0 Å². The van der Waals surface area contributed by atoms with Gasteiger partial charge in [-0.05, 0) is 30.7 Å². The number of nitrogens with zero attached hydrogens (tertiary/aromatic N) is 2. The lowest BCUT2D eigenvalue weighted by molar-refractivity contribution is -0.384. The molecule has 102 valence electrons. The molecule has 0 aliphatic rings. The molecule has 0 unspecified atom stereocenters. The third-order valence-corrected chi connectivity index (χ3v) is 2.73. The maximum Gasteiger partial charge on any atom is 0.270 e. The minimum Gasteiger partial charge on any atom is -0.307 e. The first-order chi connectivity index (χ1) is 9.45. The zero-order valence-electron chi connectivity index (χ0n) is 10.5. The molecule has 0 bridgehead atoms. The van der Waals surface area contributed by atoms with Gasteiger partial charge in [0, 0.05) is 28.9 Å². The molecule has 0 fully saturated rings. The molecule has 0 atom stereocenters. The van der Waals surface area contributed by atoms with E-state index in [1.54, 1.807) is 19.1 Å². The quantitative estimate of drug-likeness (QED) is 0.695. The SMILES string of the molecule is Cc1cc(C(=O)Nc2cc(Cl)ccn2)cc([N+](=O)[O-])c1. The molecule has 6 nitrogen and oxygen atoms in total. The van der Waals surface area contributed by atoms with E-state index in [1.807, 2.05) is 0 Å². The number of carbonyl (C=O) groups excluding carboxylic acids is 1. The van der Waals surface area contributed by atoms with Gasteiger partial charge in [0.1, 0.15) is 5.82 Å². The largest absolute Gasteiger partial charge is 0.307 e. The number of hydrogen-bond donors (Lipinski definition) is 1. The smallest absolute Gasteiger partial charge is 0.270 e. The Kier molecular flexibility index (Phi) is 3.95. The summed E-state index contributed by atoms with van der Waals surface area (Å²) in [5.41, 5.74) is 0.691. The van der Waals surface area contributed by atoms with Crippen molar-refractivity contribution in [1.29, 1.82) is 0 Å². The van der Waals surface area contributed by atoms with Gasteiger partial charge in [0.25, 0.3) is 11.6 Å². The number of nitrogens with one attached hydrogen (secondary N) is 1. The van der Waals surface area contributed by atoms with Gasteiger partial charge in [-0.3, -0.25) is 14.9 Å². The average Bonchev–Trinajstić information content (AvgIpc) is 2.37. The second-order valence-electron chi connectivity index (χ2n) is 4.13. The van der Waals surface area contributed by atoms with Crippen LogP contribution in [-0.2, 0) is 0 Å². The van der Waals surface area contributed by atoms with E-state index in [1.165, 1.54) is 24.4 Å². The zero-order chi connectivity index (χ0) is 14.7. The number of aromatic nitrogens is 1. The van der Waals surface area contributed by atoms with Gasteiger partial charge in [-0.1, -0.05) is 11.6 Å². The number of carbonyl (C=O) groups is 1. The molecular formula is C13H10ClN3O3. The molecule has 1 aromatic heterocycles. The molecule has 0 saturated heterocycles. The van der Waals surface area contributed by atoms with Crippen LogP contribution < -0.4 is 5.32 Å². The third-order valence-electron chi connectivity index (χ3n) is 2.50. The summed E-state index contributed by atoms with van der Waals surface area (Å²) >= 11 is 5.79. The highest BCUT2D eigenvalue weighted by molar-refractivity contribution is 6.30. The van der Waals surface area contributed by atoms with Gasteiger partial charge in [0.05, 0.1) is 4.92 Å². The molecule has 1 heterocycles. The van der Waals surface area contributed by atoms with E-state index >= 15 is 0 Å². The Bertz CT molecular complexity index is 688. The molecule has 0 aliphatic heterocycles. The second-order valence-corrected chi connectivity index (χ2v) is 4.56. The van der Waals surface area contributed by atoms with Gasteiger partial charge in [0.15, 0.2) is 0 Å². The van der Waals surface area contributed by atoms with Gasteiger partial charge in [-0.25, -0.2) is 4.98 Å². The van der Waals surface area contributed by atoms with E-state index < -0.39 is 10.8 Å². The number of halogens is 1. The third kappa shape index (κ3) is 3.30. The van der Waals surface area contributed by atoms with Gasteiger partial charge in [-0.2, -0.15) is 0 Å². The molecular weight excluding hydrogens is 282 g/mol. The fourth-order valence-corrected chi connectivity index (χ4v) is 1.82. The second kappa shape index (κ2) is 5.66. The maximum absolute atomic E-state index is 12.0. The van der Waals surface area contributed by atoms with E-state index in [9.17, 15) is 14.9 Å². The van der Waals surface area contributed by atoms with Crippen molar-refractivity contribution in [1.82, 2.24) is 4.98 Å². The monoisotopic (exact) mass is 291 g/mol. The normalized spacial score (nSPS) is 10.1. The Balaban J connectivity index is 2.27. The summed E-state index contributed by atoms with van der Waals surface area (Å²) < 4.78 is 0. The van der Waals surface area contributed by atoms with Gasteiger partial charge in [-0.15, -0.1) is 0 Å². The Morgan fingerprint density at radius 3 is 2.75 bits per heavy atom. The number of aryl methyl sites for hydroxylation is 1. The van der Waals surface area contributed by atoms with Gasteiger partial charge < -0.3 is 5.32 Å². The van der Waals surface area contributed by atoms with Crippen LogP contribution in [0.3, 0.4) is 0 Å². The minimum absolute atomic E-state index is 0.130. The molecule has 0 spiro atoms. The Morgan fingerprint density at radius 2 is 2.10 bits per heavy atom. The van der Waals surface area contributed by atoms with Crippen LogP contribution in [0.1, 0.15) is 15.9 Å². The van der Waals surface area contributed by atoms with E-state index in [0.29, 0.717) is 10.6 Å². The Morgan fingerprint density at radius 1 is 1.35 bits per heavy atom. The molecule has 0 aliphatic carbocycles. The lowest BCUT2D eigenvalue weighted by Gasteiger charge is -2.05. The van der Waals surface area contributed by atoms with Crippen molar-refractivity contribution < 1.29 is 9.72 Å². The summed E-state index contributed by atoms with van der Waals surface area (Å²) in [5, 5.41) is 13.7. The summed E-state index contributed by atoms with van der Waals surface area (Å²) in [5.74, 6) is -0.196. The average molecular weight is 292 g/mol. The summed E-state index contributed by atoms with van der Waals surface area (Å²) in [7, 11) is 0. The van der Waals surface area contributed by atoms with Crippen molar-refractivity contribution in [3.63, 3.8) is 0 Å². The lowest BCUT2D eigenvalue weighted by atomic mass is 10.1. The minimum atomic E-state index is -0.540. The van der Waals surface area contributed by atoms with Crippen molar-refractivity contribution >= 4 is 29.0 Å². The van der Waals surface area contributed by atoms with Crippen LogP contribution in [0, 0.1) is 17.0 Å². The van der Waals surface area contributed by atoms with E-state index in [-0.39, 0.29) is 17.1 Å².